The van der Waals surface area contributed by atoms with Gasteiger partial charge in [0.15, 0.2) is 5.58 Å². The standard InChI is InChI=1S/C19H21N2O/c1-13(2)11-14-5-10-18-17(12-14)20-19(22-18)15-6-8-16(9-7-15)21(3)4/h5-10,12H,11H2,1-4H3. The molecule has 0 unspecified atom stereocenters. The van der Waals surface area contributed by atoms with Crippen LogP contribution in [0.3, 0.4) is 0 Å². The van der Waals surface area contributed by atoms with E-state index in [1.54, 1.807) is 0 Å². The number of aromatic nitrogens is 1. The Morgan fingerprint density at radius 3 is 2.41 bits per heavy atom. The van der Waals surface area contributed by atoms with E-state index in [0.717, 1.165) is 28.8 Å². The third-order valence-corrected chi connectivity index (χ3v) is 3.64. The summed E-state index contributed by atoms with van der Waals surface area (Å²) in [5.41, 5.74) is 5.20. The molecule has 1 aromatic heterocycles. The molecule has 0 aliphatic carbocycles. The monoisotopic (exact) mass is 293 g/mol. The first-order chi connectivity index (χ1) is 10.5. The Morgan fingerprint density at radius 2 is 1.77 bits per heavy atom. The van der Waals surface area contributed by atoms with E-state index in [-0.39, 0.29) is 0 Å². The Labute approximate surface area is 131 Å². The van der Waals surface area contributed by atoms with Crippen molar-refractivity contribution >= 4 is 16.8 Å². The second-order valence-electron chi connectivity index (χ2n) is 6.15. The zero-order valence-corrected chi connectivity index (χ0v) is 13.6. The average molecular weight is 293 g/mol. The number of anilines is 1. The van der Waals surface area contributed by atoms with Crippen molar-refractivity contribution in [1.29, 1.82) is 0 Å². The van der Waals surface area contributed by atoms with Crippen LogP contribution < -0.4 is 4.90 Å². The number of fused-ring (bicyclic) bond motifs is 1. The molecule has 22 heavy (non-hydrogen) atoms. The summed E-state index contributed by atoms with van der Waals surface area (Å²) in [4.78, 5) is 6.71. The van der Waals surface area contributed by atoms with E-state index in [1.165, 1.54) is 11.5 Å². The van der Waals surface area contributed by atoms with Crippen molar-refractivity contribution in [2.24, 2.45) is 0 Å². The van der Waals surface area contributed by atoms with Gasteiger partial charge in [-0.1, -0.05) is 19.9 Å². The normalized spacial score (nSPS) is 11.3. The summed E-state index contributed by atoms with van der Waals surface area (Å²) in [6, 6.07) is 14.5. The van der Waals surface area contributed by atoms with Gasteiger partial charge in [-0.05, 0) is 54.3 Å². The average Bonchev–Trinajstić information content (AvgIpc) is 2.90. The number of nitrogens with zero attached hydrogens (tertiary/aromatic N) is 2. The Kier molecular flexibility index (Phi) is 3.88. The van der Waals surface area contributed by atoms with E-state index in [2.05, 4.69) is 48.0 Å². The first-order valence-electron chi connectivity index (χ1n) is 7.49. The second kappa shape index (κ2) is 5.84. The van der Waals surface area contributed by atoms with Gasteiger partial charge in [0, 0.05) is 25.3 Å². The first kappa shape index (κ1) is 14.6. The van der Waals surface area contributed by atoms with Crippen molar-refractivity contribution in [3.63, 3.8) is 0 Å². The van der Waals surface area contributed by atoms with Crippen LogP contribution in [-0.4, -0.2) is 19.1 Å². The lowest BCUT2D eigenvalue weighted by Crippen LogP contribution is -2.07. The van der Waals surface area contributed by atoms with Crippen molar-refractivity contribution in [1.82, 2.24) is 4.98 Å². The van der Waals surface area contributed by atoms with Gasteiger partial charge in [-0.2, -0.15) is 0 Å². The molecule has 2 aromatic carbocycles. The van der Waals surface area contributed by atoms with Crippen LogP contribution in [0.25, 0.3) is 22.6 Å². The molecular weight excluding hydrogens is 272 g/mol. The van der Waals surface area contributed by atoms with Crippen molar-refractivity contribution in [2.75, 3.05) is 19.0 Å². The van der Waals surface area contributed by atoms with E-state index in [9.17, 15) is 0 Å². The quantitative estimate of drug-likeness (QED) is 0.697. The molecule has 0 bridgehead atoms. The molecule has 1 heterocycles. The maximum atomic E-state index is 5.88. The van der Waals surface area contributed by atoms with Gasteiger partial charge in [0.2, 0.25) is 5.89 Å². The zero-order valence-electron chi connectivity index (χ0n) is 13.6. The van der Waals surface area contributed by atoms with Gasteiger partial charge in [-0.15, -0.1) is 0 Å². The molecule has 3 heteroatoms. The lowest BCUT2D eigenvalue weighted by molar-refractivity contribution is 0.620. The van der Waals surface area contributed by atoms with E-state index in [0.29, 0.717) is 5.89 Å². The summed E-state index contributed by atoms with van der Waals surface area (Å²) in [7, 11) is 4.06. The van der Waals surface area contributed by atoms with Crippen LogP contribution in [-0.2, 0) is 6.42 Å². The molecule has 0 atom stereocenters. The smallest absolute Gasteiger partial charge is 0.227 e. The molecule has 0 saturated heterocycles. The van der Waals surface area contributed by atoms with Crippen molar-refractivity contribution in [3.05, 3.63) is 53.9 Å². The summed E-state index contributed by atoms with van der Waals surface area (Å²) in [6.45, 7) is 4.29. The predicted octanol–water partition coefficient (Wildman–Crippen LogP) is 4.72. The SMILES string of the molecule is C[C](C)Cc1ccc2oc(-c3ccc(N(C)C)cc3)nc2c1. The van der Waals surface area contributed by atoms with Crippen LogP contribution in [0, 0.1) is 5.92 Å². The topological polar surface area (TPSA) is 29.3 Å². The lowest BCUT2D eigenvalue weighted by Gasteiger charge is -2.11. The molecule has 0 aliphatic rings. The zero-order chi connectivity index (χ0) is 15.7. The van der Waals surface area contributed by atoms with Crippen molar-refractivity contribution < 1.29 is 4.42 Å². The fourth-order valence-corrected chi connectivity index (χ4v) is 2.52. The van der Waals surface area contributed by atoms with Crippen LogP contribution in [0.15, 0.2) is 46.9 Å². The first-order valence-corrected chi connectivity index (χ1v) is 7.49. The van der Waals surface area contributed by atoms with Crippen LogP contribution in [0.1, 0.15) is 19.4 Å². The summed E-state index contributed by atoms with van der Waals surface area (Å²) < 4.78 is 5.88. The second-order valence-corrected chi connectivity index (χ2v) is 6.15. The molecule has 3 nitrogen and oxygen atoms in total. The van der Waals surface area contributed by atoms with Gasteiger partial charge in [0.05, 0.1) is 0 Å². The number of benzene rings is 2. The maximum Gasteiger partial charge on any atom is 0.227 e. The van der Waals surface area contributed by atoms with E-state index < -0.39 is 0 Å². The Bertz CT molecular complexity index is 770. The number of hydrogen-bond acceptors (Lipinski definition) is 3. The molecule has 3 rings (SSSR count). The van der Waals surface area contributed by atoms with Gasteiger partial charge in [0.1, 0.15) is 5.52 Å². The molecule has 113 valence electrons. The van der Waals surface area contributed by atoms with Gasteiger partial charge in [0.25, 0.3) is 0 Å². The highest BCUT2D eigenvalue weighted by molar-refractivity contribution is 5.77. The molecule has 1 radical (unpaired) electrons. The van der Waals surface area contributed by atoms with Gasteiger partial charge in [-0.3, -0.25) is 0 Å². The van der Waals surface area contributed by atoms with Gasteiger partial charge >= 0.3 is 0 Å². The summed E-state index contributed by atoms with van der Waals surface area (Å²) in [5.74, 6) is 2.07. The molecule has 0 aliphatic heterocycles. The summed E-state index contributed by atoms with van der Waals surface area (Å²) in [5, 5.41) is 0. The minimum absolute atomic E-state index is 0.676. The molecule has 0 fully saturated rings. The third-order valence-electron chi connectivity index (χ3n) is 3.64. The fraction of sp³-hybridized carbons (Fsp3) is 0.263. The third kappa shape index (κ3) is 2.98. The highest BCUT2D eigenvalue weighted by Gasteiger charge is 2.09. The Balaban J connectivity index is 1.94. The van der Waals surface area contributed by atoms with Crippen LogP contribution >= 0.6 is 0 Å². The predicted molar refractivity (Wildman–Crippen MR) is 92.1 cm³/mol. The number of oxazole rings is 1. The molecule has 0 saturated carbocycles. The highest BCUT2D eigenvalue weighted by Crippen LogP contribution is 2.27. The summed E-state index contributed by atoms with van der Waals surface area (Å²) in [6.07, 6.45) is 0.982. The Morgan fingerprint density at radius 1 is 1.05 bits per heavy atom. The van der Waals surface area contributed by atoms with Crippen LogP contribution in [0.2, 0.25) is 0 Å². The highest BCUT2D eigenvalue weighted by atomic mass is 16.3. The van der Waals surface area contributed by atoms with Crippen molar-refractivity contribution in [3.8, 4) is 11.5 Å². The van der Waals surface area contributed by atoms with Crippen LogP contribution in [0.5, 0.6) is 0 Å². The number of hydrogen-bond donors (Lipinski definition) is 0. The van der Waals surface area contributed by atoms with E-state index in [1.807, 2.05) is 32.3 Å². The van der Waals surface area contributed by atoms with Crippen molar-refractivity contribution in [2.45, 2.75) is 20.3 Å². The molecule has 3 aromatic rings. The maximum absolute atomic E-state index is 5.88. The summed E-state index contributed by atoms with van der Waals surface area (Å²) >= 11 is 0. The molecule has 0 amide bonds. The largest absolute Gasteiger partial charge is 0.436 e. The van der Waals surface area contributed by atoms with E-state index >= 15 is 0 Å². The molecular formula is C19H21N2O. The lowest BCUT2D eigenvalue weighted by atomic mass is 10.0. The number of rotatable bonds is 4. The van der Waals surface area contributed by atoms with E-state index in [4.69, 9.17) is 4.42 Å². The van der Waals surface area contributed by atoms with Crippen LogP contribution in [0.4, 0.5) is 5.69 Å². The van der Waals surface area contributed by atoms with Gasteiger partial charge < -0.3 is 9.32 Å². The minimum atomic E-state index is 0.676. The Hall–Kier alpha value is -2.29. The fourth-order valence-electron chi connectivity index (χ4n) is 2.52. The minimum Gasteiger partial charge on any atom is -0.436 e. The van der Waals surface area contributed by atoms with Gasteiger partial charge in [-0.25, -0.2) is 4.98 Å². The molecule has 0 spiro atoms. The molecule has 0 N–H and O–H groups in total.